The maximum absolute atomic E-state index is 14.9. The Morgan fingerprint density at radius 1 is 1.20 bits per heavy atom. The highest BCUT2D eigenvalue weighted by Crippen LogP contribution is 2.38. The number of carbonyl (C=O) groups excluding carboxylic acids is 1. The van der Waals surface area contributed by atoms with Gasteiger partial charge in [-0.25, -0.2) is 22.5 Å². The molecule has 4 rings (SSSR count). The Labute approximate surface area is 237 Å². The van der Waals surface area contributed by atoms with E-state index in [0.717, 1.165) is 18.2 Å². The van der Waals surface area contributed by atoms with E-state index in [0.29, 0.717) is 12.1 Å². The minimum atomic E-state index is -1.42. The van der Waals surface area contributed by atoms with Crippen molar-refractivity contribution in [3.63, 3.8) is 0 Å². The van der Waals surface area contributed by atoms with Gasteiger partial charge in [0.25, 0.3) is 5.91 Å². The van der Waals surface area contributed by atoms with E-state index < -0.39 is 53.2 Å². The number of halogens is 4. The van der Waals surface area contributed by atoms with Crippen LogP contribution in [0.3, 0.4) is 0 Å². The fourth-order valence-electron chi connectivity index (χ4n) is 5.40. The fraction of sp³-hybridized carbons (Fsp3) is 0.467. The number of carbonyl (C=O) groups is 1. The molecule has 0 radical (unpaired) electrons. The van der Waals surface area contributed by atoms with Crippen molar-refractivity contribution in [1.29, 1.82) is 0 Å². The van der Waals surface area contributed by atoms with Crippen LogP contribution in [0.2, 0.25) is 0 Å². The van der Waals surface area contributed by atoms with Crippen LogP contribution in [0.5, 0.6) is 0 Å². The van der Waals surface area contributed by atoms with Crippen LogP contribution in [0.1, 0.15) is 45.1 Å². The van der Waals surface area contributed by atoms with Gasteiger partial charge in [0.2, 0.25) is 0 Å². The highest BCUT2D eigenvalue weighted by atomic mass is 19.1. The highest BCUT2D eigenvalue weighted by molar-refractivity contribution is 5.81. The SMILES string of the molecule is CCOC(C)(C)[C@H](c1nc(-c2cc(F)ccc2F)cn1Cc1cccc(F)c1)N(C[C@@H]1CNC[C@@H]1F)C(=O)[C@H](C)O. The summed E-state index contributed by atoms with van der Waals surface area (Å²) in [5, 5.41) is 13.4. The van der Waals surface area contributed by atoms with Crippen molar-refractivity contribution in [3.05, 3.63) is 77.5 Å². The summed E-state index contributed by atoms with van der Waals surface area (Å²) in [6, 6.07) is 7.91. The summed E-state index contributed by atoms with van der Waals surface area (Å²) in [5.41, 5.74) is -0.601. The summed E-state index contributed by atoms with van der Waals surface area (Å²) in [5.74, 6) is -2.84. The Bertz CT molecular complexity index is 1360. The van der Waals surface area contributed by atoms with Crippen LogP contribution in [0, 0.1) is 23.4 Å². The third-order valence-electron chi connectivity index (χ3n) is 7.31. The average molecular weight is 577 g/mol. The van der Waals surface area contributed by atoms with Crippen LogP contribution in [-0.2, 0) is 16.1 Å². The second-order valence-electron chi connectivity index (χ2n) is 10.9. The van der Waals surface area contributed by atoms with Gasteiger partial charge in [0, 0.05) is 50.5 Å². The lowest BCUT2D eigenvalue weighted by molar-refractivity contribution is -0.153. The third-order valence-corrected chi connectivity index (χ3v) is 7.31. The summed E-state index contributed by atoms with van der Waals surface area (Å²) in [4.78, 5) is 19.6. The number of benzene rings is 2. The van der Waals surface area contributed by atoms with Gasteiger partial charge in [0.05, 0.1) is 11.3 Å². The van der Waals surface area contributed by atoms with Gasteiger partial charge in [0.1, 0.15) is 41.6 Å². The molecule has 2 N–H and O–H groups in total. The molecule has 1 amide bonds. The molecule has 1 aromatic heterocycles. The van der Waals surface area contributed by atoms with Crippen molar-refractivity contribution in [1.82, 2.24) is 19.8 Å². The summed E-state index contributed by atoms with van der Waals surface area (Å²) in [7, 11) is 0. The molecule has 2 aromatic carbocycles. The number of hydrogen-bond donors (Lipinski definition) is 2. The molecule has 4 atom stereocenters. The second-order valence-corrected chi connectivity index (χ2v) is 10.9. The number of alkyl halides is 1. The topological polar surface area (TPSA) is 79.6 Å². The summed E-state index contributed by atoms with van der Waals surface area (Å²) in [6.45, 7) is 7.32. The third kappa shape index (κ3) is 6.97. The number of nitrogens with one attached hydrogen (secondary N) is 1. The van der Waals surface area contributed by atoms with Gasteiger partial charge in [0.15, 0.2) is 0 Å². The quantitative estimate of drug-likeness (QED) is 0.325. The van der Waals surface area contributed by atoms with Crippen molar-refractivity contribution >= 4 is 5.91 Å². The van der Waals surface area contributed by atoms with Crippen molar-refractivity contribution in [2.75, 3.05) is 26.2 Å². The maximum Gasteiger partial charge on any atom is 0.251 e. The zero-order valence-corrected chi connectivity index (χ0v) is 23.6. The van der Waals surface area contributed by atoms with Gasteiger partial charge in [-0.3, -0.25) is 4.79 Å². The Balaban J connectivity index is 1.93. The first kappa shape index (κ1) is 30.7. The van der Waals surface area contributed by atoms with E-state index in [1.807, 2.05) is 0 Å². The van der Waals surface area contributed by atoms with Crippen molar-refractivity contribution in [3.8, 4) is 11.3 Å². The molecule has 1 saturated heterocycles. The minimum absolute atomic E-state index is 0.0600. The number of ether oxygens (including phenoxy) is 1. The van der Waals surface area contributed by atoms with E-state index in [4.69, 9.17) is 9.72 Å². The number of aromatic nitrogens is 2. The Morgan fingerprint density at radius 2 is 1.93 bits per heavy atom. The number of imidazole rings is 1. The number of amides is 1. The van der Waals surface area contributed by atoms with Crippen LogP contribution in [-0.4, -0.2) is 69.6 Å². The lowest BCUT2D eigenvalue weighted by Gasteiger charge is -2.43. The molecular formula is C30H36F4N4O3. The molecule has 7 nitrogen and oxygen atoms in total. The van der Waals surface area contributed by atoms with Crippen LogP contribution >= 0.6 is 0 Å². The zero-order chi connectivity index (χ0) is 29.9. The van der Waals surface area contributed by atoms with E-state index in [1.165, 1.54) is 30.2 Å². The maximum atomic E-state index is 14.9. The van der Waals surface area contributed by atoms with Crippen molar-refractivity contribution in [2.24, 2.45) is 5.92 Å². The minimum Gasteiger partial charge on any atom is -0.384 e. The summed E-state index contributed by atoms with van der Waals surface area (Å²) in [6.07, 6.45) is -1.14. The van der Waals surface area contributed by atoms with Crippen LogP contribution < -0.4 is 5.32 Å². The molecule has 1 fully saturated rings. The van der Waals surface area contributed by atoms with E-state index in [1.54, 1.807) is 37.5 Å². The fourth-order valence-corrected chi connectivity index (χ4v) is 5.40. The molecule has 0 unspecified atom stereocenters. The first-order chi connectivity index (χ1) is 19.4. The Hall–Kier alpha value is -3.28. The van der Waals surface area contributed by atoms with Gasteiger partial charge < -0.3 is 24.6 Å². The summed E-state index contributed by atoms with van der Waals surface area (Å²) >= 11 is 0. The Morgan fingerprint density at radius 3 is 2.56 bits per heavy atom. The first-order valence-electron chi connectivity index (χ1n) is 13.7. The monoisotopic (exact) mass is 576 g/mol. The molecular weight excluding hydrogens is 540 g/mol. The largest absolute Gasteiger partial charge is 0.384 e. The van der Waals surface area contributed by atoms with Gasteiger partial charge in [-0.15, -0.1) is 0 Å². The molecule has 0 bridgehead atoms. The molecule has 0 aliphatic carbocycles. The average Bonchev–Trinajstić information content (AvgIpc) is 3.50. The second kappa shape index (κ2) is 12.7. The molecule has 222 valence electrons. The predicted octanol–water partition coefficient (Wildman–Crippen LogP) is 4.64. The van der Waals surface area contributed by atoms with Crippen LogP contribution in [0.4, 0.5) is 17.6 Å². The molecule has 1 aliphatic heterocycles. The predicted molar refractivity (Wildman–Crippen MR) is 146 cm³/mol. The number of hydrogen-bond acceptors (Lipinski definition) is 5. The number of nitrogens with zero attached hydrogens (tertiary/aromatic N) is 3. The summed E-state index contributed by atoms with van der Waals surface area (Å²) < 4.78 is 65.7. The van der Waals surface area contributed by atoms with Crippen LogP contribution in [0.15, 0.2) is 48.7 Å². The van der Waals surface area contributed by atoms with Gasteiger partial charge >= 0.3 is 0 Å². The highest BCUT2D eigenvalue weighted by Gasteiger charge is 2.44. The number of aliphatic hydroxyl groups excluding tert-OH is 1. The molecule has 1 aliphatic rings. The van der Waals surface area contributed by atoms with Gasteiger partial charge in [-0.1, -0.05) is 12.1 Å². The first-order valence-corrected chi connectivity index (χ1v) is 13.7. The molecule has 41 heavy (non-hydrogen) atoms. The number of rotatable bonds is 11. The molecule has 0 saturated carbocycles. The lowest BCUT2D eigenvalue weighted by atomic mass is 9.93. The lowest BCUT2D eigenvalue weighted by Crippen LogP contribution is -2.52. The zero-order valence-electron chi connectivity index (χ0n) is 23.6. The normalized spacial score (nSPS) is 18.9. The van der Waals surface area contributed by atoms with Crippen LogP contribution in [0.25, 0.3) is 11.3 Å². The molecule has 3 aromatic rings. The van der Waals surface area contributed by atoms with Crippen molar-refractivity contribution < 1.29 is 32.2 Å². The number of aliphatic hydroxyl groups is 1. The standard InChI is InChI=1S/C30H36F4N4O3/c1-5-41-30(3,4)27(38(29(40)18(2)39)16-20-13-35-14-25(20)34)28-36-26(23-12-22(32)9-10-24(23)33)17-37(28)15-19-7-6-8-21(31)11-19/h6-12,17-18,20,25,27,35,39H,5,13-16H2,1-4H3/t18-,20-,25-,27-/m0/s1. The molecule has 0 spiro atoms. The molecule has 2 heterocycles. The molecule has 11 heteroatoms. The van der Waals surface area contributed by atoms with E-state index in [2.05, 4.69) is 5.32 Å². The Kier molecular flexibility index (Phi) is 9.51. The van der Waals surface area contributed by atoms with E-state index >= 15 is 0 Å². The van der Waals surface area contributed by atoms with E-state index in [-0.39, 0.29) is 43.3 Å². The van der Waals surface area contributed by atoms with Gasteiger partial charge in [-0.05, 0) is 63.6 Å². The van der Waals surface area contributed by atoms with Crippen molar-refractivity contribution in [2.45, 2.75) is 58.2 Å². The smallest absolute Gasteiger partial charge is 0.251 e. The van der Waals surface area contributed by atoms with E-state index in [9.17, 15) is 27.5 Å². The van der Waals surface area contributed by atoms with Gasteiger partial charge in [-0.2, -0.15) is 0 Å².